The van der Waals surface area contributed by atoms with Crippen LogP contribution in [0.2, 0.25) is 0 Å². The second-order valence-corrected chi connectivity index (χ2v) is 7.72. The highest BCUT2D eigenvalue weighted by Gasteiger charge is 2.30. The molecule has 0 unspecified atom stereocenters. The molecule has 2 aliphatic rings. The minimum atomic E-state index is -3.57. The first kappa shape index (κ1) is 16.1. The highest BCUT2D eigenvalue weighted by Crippen LogP contribution is 2.33. The van der Waals surface area contributed by atoms with Gasteiger partial charge in [-0.1, -0.05) is 0 Å². The van der Waals surface area contributed by atoms with E-state index >= 15 is 0 Å². The van der Waals surface area contributed by atoms with Gasteiger partial charge < -0.3 is 14.4 Å². The second-order valence-electron chi connectivity index (χ2n) is 5.78. The fourth-order valence-corrected chi connectivity index (χ4v) is 4.39. The van der Waals surface area contributed by atoms with Gasteiger partial charge in [-0.15, -0.1) is 5.10 Å². The van der Waals surface area contributed by atoms with E-state index < -0.39 is 10.0 Å². The van der Waals surface area contributed by atoms with Gasteiger partial charge in [0, 0.05) is 38.4 Å². The zero-order valence-corrected chi connectivity index (χ0v) is 14.4. The lowest BCUT2D eigenvalue weighted by Crippen LogP contribution is -2.49. The molecule has 0 saturated carbocycles. The number of nitrogens with zero attached hydrogens (tertiary/aromatic N) is 4. The van der Waals surface area contributed by atoms with E-state index in [1.807, 2.05) is 17.0 Å². The molecule has 0 aliphatic carbocycles. The van der Waals surface area contributed by atoms with Crippen molar-refractivity contribution in [3.8, 4) is 11.5 Å². The molecule has 2 aromatic rings. The minimum absolute atomic E-state index is 0.227. The Morgan fingerprint density at radius 2 is 1.72 bits per heavy atom. The molecule has 4 rings (SSSR count). The fourth-order valence-electron chi connectivity index (χ4n) is 2.95. The first-order chi connectivity index (χ1) is 12.1. The van der Waals surface area contributed by atoms with Crippen LogP contribution in [-0.2, 0) is 10.0 Å². The van der Waals surface area contributed by atoms with Crippen LogP contribution < -0.4 is 14.4 Å². The monoisotopic (exact) mass is 362 g/mol. The van der Waals surface area contributed by atoms with Crippen LogP contribution in [0.5, 0.6) is 11.5 Å². The quantitative estimate of drug-likeness (QED) is 0.797. The smallest absolute Gasteiger partial charge is 0.243 e. The van der Waals surface area contributed by atoms with Gasteiger partial charge in [0.25, 0.3) is 0 Å². The molecule has 9 heteroatoms. The van der Waals surface area contributed by atoms with Gasteiger partial charge in [-0.2, -0.15) is 9.40 Å². The van der Waals surface area contributed by atoms with Crippen molar-refractivity contribution in [2.24, 2.45) is 0 Å². The van der Waals surface area contributed by atoms with Gasteiger partial charge in [0.2, 0.25) is 10.0 Å². The van der Waals surface area contributed by atoms with Crippen LogP contribution in [0.25, 0.3) is 0 Å². The Labute approximate surface area is 146 Å². The Bertz CT molecular complexity index is 852. The number of sulfonamides is 1. The van der Waals surface area contributed by atoms with Crippen molar-refractivity contribution < 1.29 is 17.9 Å². The van der Waals surface area contributed by atoms with Gasteiger partial charge in [0.1, 0.15) is 13.2 Å². The van der Waals surface area contributed by atoms with Crippen LogP contribution >= 0.6 is 0 Å². The summed E-state index contributed by atoms with van der Waals surface area (Å²) in [7, 11) is -3.57. The number of hydrogen-bond acceptors (Lipinski definition) is 7. The number of hydrogen-bond donors (Lipinski definition) is 0. The topological polar surface area (TPSA) is 84.9 Å². The van der Waals surface area contributed by atoms with Crippen molar-refractivity contribution in [2.45, 2.75) is 4.90 Å². The third-order valence-corrected chi connectivity index (χ3v) is 6.17. The molecule has 0 bridgehead atoms. The first-order valence-electron chi connectivity index (χ1n) is 8.07. The summed E-state index contributed by atoms with van der Waals surface area (Å²) in [6, 6.07) is 8.45. The molecule has 0 atom stereocenters. The highest BCUT2D eigenvalue weighted by atomic mass is 32.2. The Balaban J connectivity index is 1.50. The average Bonchev–Trinajstić information content (AvgIpc) is 2.68. The lowest BCUT2D eigenvalue weighted by Gasteiger charge is -2.34. The molecular weight excluding hydrogens is 344 g/mol. The van der Waals surface area contributed by atoms with Crippen LogP contribution in [0, 0.1) is 0 Å². The van der Waals surface area contributed by atoms with Crippen LogP contribution in [0.15, 0.2) is 41.4 Å². The normalized spacial score (nSPS) is 18.2. The zero-order valence-electron chi connectivity index (χ0n) is 13.5. The van der Waals surface area contributed by atoms with Gasteiger partial charge in [-0.25, -0.2) is 8.42 Å². The summed E-state index contributed by atoms with van der Waals surface area (Å²) >= 11 is 0. The number of benzene rings is 1. The van der Waals surface area contributed by atoms with E-state index in [9.17, 15) is 8.42 Å². The van der Waals surface area contributed by atoms with E-state index in [-0.39, 0.29) is 4.90 Å². The van der Waals surface area contributed by atoms with Crippen LogP contribution in [0.4, 0.5) is 5.82 Å². The number of fused-ring (bicyclic) bond motifs is 1. The van der Waals surface area contributed by atoms with Gasteiger partial charge in [-0.05, 0) is 24.3 Å². The molecule has 3 heterocycles. The number of anilines is 1. The molecule has 132 valence electrons. The van der Waals surface area contributed by atoms with Gasteiger partial charge in [-0.3, -0.25) is 0 Å². The summed E-state index contributed by atoms with van der Waals surface area (Å²) < 4.78 is 38.2. The molecule has 1 aromatic heterocycles. The van der Waals surface area contributed by atoms with Crippen molar-refractivity contribution in [2.75, 3.05) is 44.3 Å². The Morgan fingerprint density at radius 3 is 2.44 bits per heavy atom. The number of aromatic nitrogens is 2. The van der Waals surface area contributed by atoms with E-state index in [1.165, 1.54) is 4.31 Å². The van der Waals surface area contributed by atoms with E-state index in [0.717, 1.165) is 5.82 Å². The van der Waals surface area contributed by atoms with Crippen LogP contribution in [0.3, 0.4) is 0 Å². The van der Waals surface area contributed by atoms with Gasteiger partial charge in [0.05, 0.1) is 4.90 Å². The molecule has 0 N–H and O–H groups in total. The third kappa shape index (κ3) is 3.12. The molecule has 8 nitrogen and oxygen atoms in total. The maximum atomic E-state index is 12.9. The molecule has 1 aromatic carbocycles. The lowest BCUT2D eigenvalue weighted by atomic mass is 10.3. The molecule has 0 spiro atoms. The Morgan fingerprint density at radius 1 is 0.960 bits per heavy atom. The highest BCUT2D eigenvalue weighted by molar-refractivity contribution is 7.89. The number of rotatable bonds is 3. The summed E-state index contributed by atoms with van der Waals surface area (Å²) in [4.78, 5) is 2.26. The Hall–Kier alpha value is -2.39. The molecule has 0 radical (unpaired) electrons. The molecular formula is C16H18N4O4S. The van der Waals surface area contributed by atoms with Crippen molar-refractivity contribution in [3.05, 3.63) is 36.5 Å². The second kappa shape index (κ2) is 6.49. The largest absolute Gasteiger partial charge is 0.486 e. The maximum Gasteiger partial charge on any atom is 0.243 e. The first-order valence-corrected chi connectivity index (χ1v) is 9.51. The van der Waals surface area contributed by atoms with Crippen LogP contribution in [-0.4, -0.2) is 62.3 Å². The van der Waals surface area contributed by atoms with Crippen molar-refractivity contribution in [3.63, 3.8) is 0 Å². The maximum absolute atomic E-state index is 12.9. The molecule has 1 fully saturated rings. The average molecular weight is 362 g/mol. The van der Waals surface area contributed by atoms with Crippen LogP contribution in [0.1, 0.15) is 0 Å². The molecule has 2 aliphatic heterocycles. The summed E-state index contributed by atoms with van der Waals surface area (Å²) in [6.45, 7) is 2.84. The lowest BCUT2D eigenvalue weighted by molar-refractivity contribution is 0.171. The third-order valence-electron chi connectivity index (χ3n) is 4.27. The molecule has 25 heavy (non-hydrogen) atoms. The predicted molar refractivity (Wildman–Crippen MR) is 90.4 cm³/mol. The van der Waals surface area contributed by atoms with Gasteiger partial charge in [0.15, 0.2) is 17.3 Å². The number of ether oxygens (including phenoxy) is 2. The van der Waals surface area contributed by atoms with Gasteiger partial charge >= 0.3 is 0 Å². The van der Waals surface area contributed by atoms with Crippen molar-refractivity contribution >= 4 is 15.8 Å². The van der Waals surface area contributed by atoms with E-state index in [2.05, 4.69) is 10.2 Å². The standard InChI is InChI=1S/C16H18N4O4S/c21-25(22,13-3-4-14-15(12-13)24-11-10-23-14)20-8-6-19(7-9-20)16-2-1-5-17-18-16/h1-5,12H,6-11H2. The van der Waals surface area contributed by atoms with Crippen molar-refractivity contribution in [1.82, 2.24) is 14.5 Å². The SMILES string of the molecule is O=S(=O)(c1ccc2c(c1)OCCO2)N1CCN(c2cccnn2)CC1. The Kier molecular flexibility index (Phi) is 4.18. The predicted octanol–water partition coefficient (Wildman–Crippen LogP) is 0.759. The summed E-state index contributed by atoms with van der Waals surface area (Å²) in [5, 5.41) is 7.94. The van der Waals surface area contributed by atoms with E-state index in [0.29, 0.717) is 50.9 Å². The summed E-state index contributed by atoms with van der Waals surface area (Å²) in [6.07, 6.45) is 1.62. The van der Waals surface area contributed by atoms with E-state index in [1.54, 1.807) is 24.4 Å². The summed E-state index contributed by atoms with van der Waals surface area (Å²) in [5.41, 5.74) is 0. The minimum Gasteiger partial charge on any atom is -0.486 e. The van der Waals surface area contributed by atoms with Crippen molar-refractivity contribution in [1.29, 1.82) is 0 Å². The van der Waals surface area contributed by atoms with E-state index in [4.69, 9.17) is 9.47 Å². The molecule has 1 saturated heterocycles. The number of piperazine rings is 1. The summed E-state index contributed by atoms with van der Waals surface area (Å²) in [5.74, 6) is 1.82. The fraction of sp³-hybridized carbons (Fsp3) is 0.375. The molecule has 0 amide bonds. The zero-order chi connectivity index (χ0) is 17.3.